The quantitative estimate of drug-likeness (QED) is 0.674. The molecule has 0 aliphatic heterocycles. The van der Waals surface area contributed by atoms with Crippen LogP contribution in [0.15, 0.2) is 29.4 Å². The number of hydrogen-bond donors (Lipinski definition) is 0. The van der Waals surface area contributed by atoms with Gasteiger partial charge in [-0.05, 0) is 51.0 Å². The fourth-order valence-corrected chi connectivity index (χ4v) is 4.59. The number of aryl methyl sites for hydroxylation is 1. The Morgan fingerprint density at radius 1 is 1.22 bits per heavy atom. The van der Waals surface area contributed by atoms with Crippen LogP contribution < -0.4 is 4.74 Å². The maximum absolute atomic E-state index is 12.8. The molecule has 0 radical (unpaired) electrons. The summed E-state index contributed by atoms with van der Waals surface area (Å²) in [4.78, 5) is 14.9. The number of amides is 1. The molecule has 0 spiro atoms. The Balaban J connectivity index is 1.69. The minimum Gasteiger partial charge on any atom is -0.497 e. The molecule has 146 valence electrons. The average molecular weight is 389 g/mol. The van der Waals surface area contributed by atoms with Crippen molar-refractivity contribution in [3.8, 4) is 11.4 Å². The van der Waals surface area contributed by atoms with Gasteiger partial charge < -0.3 is 9.64 Å². The van der Waals surface area contributed by atoms with Crippen LogP contribution in [0.1, 0.15) is 44.9 Å². The largest absolute Gasteiger partial charge is 0.497 e. The van der Waals surface area contributed by atoms with E-state index < -0.39 is 0 Å². The molecule has 27 heavy (non-hydrogen) atoms. The first-order valence-corrected chi connectivity index (χ1v) is 10.6. The summed E-state index contributed by atoms with van der Waals surface area (Å²) in [6.45, 7) is 4.76. The van der Waals surface area contributed by atoms with E-state index in [1.807, 2.05) is 40.7 Å². The number of benzene rings is 1. The molecule has 2 aromatic rings. The molecule has 6 nitrogen and oxygen atoms in total. The fourth-order valence-electron chi connectivity index (χ4n) is 3.71. The standard InChI is InChI=1S/C20H28N4O2S/c1-4-23(16-8-6-5-7-9-16)19(25)14-27-20-22-21-15(2)24(20)17-10-12-18(26-3)13-11-17/h10-13,16H,4-9,14H2,1-3H3. The zero-order valence-corrected chi connectivity index (χ0v) is 17.2. The summed E-state index contributed by atoms with van der Waals surface area (Å²) < 4.78 is 7.21. The smallest absolute Gasteiger partial charge is 0.233 e. The van der Waals surface area contributed by atoms with Gasteiger partial charge in [-0.2, -0.15) is 0 Å². The van der Waals surface area contributed by atoms with Crippen molar-refractivity contribution in [2.24, 2.45) is 0 Å². The van der Waals surface area contributed by atoms with Crippen LogP contribution in [-0.2, 0) is 4.79 Å². The molecule has 0 bridgehead atoms. The zero-order chi connectivity index (χ0) is 19.2. The molecule has 0 unspecified atom stereocenters. The monoisotopic (exact) mass is 388 g/mol. The molecule has 1 aliphatic rings. The molecule has 0 atom stereocenters. The Morgan fingerprint density at radius 3 is 2.56 bits per heavy atom. The highest BCUT2D eigenvalue weighted by Crippen LogP contribution is 2.26. The van der Waals surface area contributed by atoms with Crippen LogP contribution in [0.5, 0.6) is 5.75 Å². The molecule has 7 heteroatoms. The summed E-state index contributed by atoms with van der Waals surface area (Å²) in [5.41, 5.74) is 0.966. The predicted octanol–water partition coefficient (Wildman–Crippen LogP) is 3.86. The van der Waals surface area contributed by atoms with Gasteiger partial charge in [-0.1, -0.05) is 31.0 Å². The maximum atomic E-state index is 12.8. The molecule has 1 aliphatic carbocycles. The number of ether oxygens (including phenoxy) is 1. The first kappa shape index (κ1) is 19.7. The van der Waals surface area contributed by atoms with Crippen LogP contribution in [0.25, 0.3) is 5.69 Å². The topological polar surface area (TPSA) is 60.2 Å². The molecule has 3 rings (SSSR count). The van der Waals surface area contributed by atoms with Crippen LogP contribution in [-0.4, -0.2) is 51.0 Å². The molecule has 1 amide bonds. The SMILES string of the molecule is CCN(C(=O)CSc1nnc(C)n1-c1ccc(OC)cc1)C1CCCCC1. The highest BCUT2D eigenvalue weighted by molar-refractivity contribution is 7.99. The Morgan fingerprint density at radius 2 is 1.93 bits per heavy atom. The number of rotatable bonds is 7. The normalized spacial score (nSPS) is 14.9. The third-order valence-electron chi connectivity index (χ3n) is 5.13. The summed E-state index contributed by atoms with van der Waals surface area (Å²) >= 11 is 1.46. The number of carbonyl (C=O) groups excluding carboxylic acids is 1. The molecule has 1 aromatic carbocycles. The van der Waals surface area contributed by atoms with Gasteiger partial charge in [0.25, 0.3) is 0 Å². The van der Waals surface area contributed by atoms with E-state index >= 15 is 0 Å². The van der Waals surface area contributed by atoms with Gasteiger partial charge >= 0.3 is 0 Å². The van der Waals surface area contributed by atoms with Gasteiger partial charge in [-0.25, -0.2) is 0 Å². The highest BCUT2D eigenvalue weighted by Gasteiger charge is 2.24. The van der Waals surface area contributed by atoms with E-state index in [0.717, 1.165) is 41.8 Å². The Hall–Kier alpha value is -2.02. The van der Waals surface area contributed by atoms with Gasteiger partial charge in [0, 0.05) is 18.3 Å². The minimum absolute atomic E-state index is 0.191. The lowest BCUT2D eigenvalue weighted by molar-refractivity contribution is -0.131. The second kappa shape index (κ2) is 9.26. The average Bonchev–Trinajstić information content (AvgIpc) is 3.08. The first-order chi connectivity index (χ1) is 13.1. The van der Waals surface area contributed by atoms with E-state index in [1.54, 1.807) is 7.11 Å². The van der Waals surface area contributed by atoms with Crippen LogP contribution in [0, 0.1) is 6.92 Å². The Kier molecular flexibility index (Phi) is 6.77. The molecule has 1 saturated carbocycles. The third kappa shape index (κ3) is 4.64. The summed E-state index contributed by atoms with van der Waals surface area (Å²) in [7, 11) is 1.65. The first-order valence-electron chi connectivity index (χ1n) is 9.62. The van der Waals surface area contributed by atoms with E-state index in [1.165, 1.54) is 31.0 Å². The van der Waals surface area contributed by atoms with Gasteiger partial charge in [0.1, 0.15) is 11.6 Å². The van der Waals surface area contributed by atoms with Crippen molar-refractivity contribution >= 4 is 17.7 Å². The second-order valence-electron chi connectivity index (χ2n) is 6.82. The van der Waals surface area contributed by atoms with Crippen molar-refractivity contribution in [2.75, 3.05) is 19.4 Å². The van der Waals surface area contributed by atoms with Gasteiger partial charge in [-0.3, -0.25) is 9.36 Å². The number of aromatic nitrogens is 3. The molecular formula is C20H28N4O2S. The van der Waals surface area contributed by atoms with Crippen molar-refractivity contribution < 1.29 is 9.53 Å². The second-order valence-corrected chi connectivity index (χ2v) is 7.77. The number of thioether (sulfide) groups is 1. The molecular weight excluding hydrogens is 360 g/mol. The van der Waals surface area contributed by atoms with Crippen molar-refractivity contribution in [1.29, 1.82) is 0 Å². The number of hydrogen-bond acceptors (Lipinski definition) is 5. The zero-order valence-electron chi connectivity index (χ0n) is 16.4. The number of methoxy groups -OCH3 is 1. The molecule has 1 aromatic heterocycles. The Labute approximate surface area is 165 Å². The predicted molar refractivity (Wildman–Crippen MR) is 108 cm³/mol. The van der Waals surface area contributed by atoms with E-state index in [0.29, 0.717) is 11.8 Å². The minimum atomic E-state index is 0.191. The van der Waals surface area contributed by atoms with Crippen LogP contribution in [0.3, 0.4) is 0 Å². The number of carbonyl (C=O) groups is 1. The van der Waals surface area contributed by atoms with E-state index in [-0.39, 0.29) is 5.91 Å². The van der Waals surface area contributed by atoms with Crippen LogP contribution in [0.4, 0.5) is 0 Å². The van der Waals surface area contributed by atoms with Crippen molar-refractivity contribution in [2.45, 2.75) is 57.1 Å². The van der Waals surface area contributed by atoms with Gasteiger partial charge in [0.2, 0.25) is 5.91 Å². The lowest BCUT2D eigenvalue weighted by atomic mass is 9.94. The lowest BCUT2D eigenvalue weighted by Gasteiger charge is -2.33. The van der Waals surface area contributed by atoms with E-state index in [4.69, 9.17) is 4.74 Å². The highest BCUT2D eigenvalue weighted by atomic mass is 32.2. The van der Waals surface area contributed by atoms with Crippen molar-refractivity contribution in [1.82, 2.24) is 19.7 Å². The molecule has 1 heterocycles. The van der Waals surface area contributed by atoms with E-state index in [9.17, 15) is 4.79 Å². The van der Waals surface area contributed by atoms with E-state index in [2.05, 4.69) is 17.1 Å². The van der Waals surface area contributed by atoms with Gasteiger partial charge in [0.05, 0.1) is 12.9 Å². The van der Waals surface area contributed by atoms with Crippen LogP contribution in [0.2, 0.25) is 0 Å². The van der Waals surface area contributed by atoms with Crippen molar-refractivity contribution in [3.05, 3.63) is 30.1 Å². The van der Waals surface area contributed by atoms with Gasteiger partial charge in [0.15, 0.2) is 5.16 Å². The summed E-state index contributed by atoms with van der Waals surface area (Å²) in [5.74, 6) is 2.18. The maximum Gasteiger partial charge on any atom is 0.233 e. The Bertz CT molecular complexity index is 754. The summed E-state index contributed by atoms with van der Waals surface area (Å²) in [5, 5.41) is 9.22. The number of nitrogens with zero attached hydrogens (tertiary/aromatic N) is 4. The summed E-state index contributed by atoms with van der Waals surface area (Å²) in [6.07, 6.45) is 6.01. The fraction of sp³-hybridized carbons (Fsp3) is 0.550. The third-order valence-corrected chi connectivity index (χ3v) is 6.04. The van der Waals surface area contributed by atoms with Gasteiger partial charge in [-0.15, -0.1) is 10.2 Å². The summed E-state index contributed by atoms with van der Waals surface area (Å²) in [6, 6.07) is 8.17. The molecule has 0 N–H and O–H groups in total. The molecule has 1 fully saturated rings. The van der Waals surface area contributed by atoms with Crippen molar-refractivity contribution in [3.63, 3.8) is 0 Å². The lowest BCUT2D eigenvalue weighted by Crippen LogP contribution is -2.42. The molecule has 0 saturated heterocycles. The van der Waals surface area contributed by atoms with Crippen LogP contribution >= 0.6 is 11.8 Å².